The number of amides is 1. The van der Waals surface area contributed by atoms with Crippen LogP contribution in [0.2, 0.25) is 0 Å². The van der Waals surface area contributed by atoms with Gasteiger partial charge < -0.3 is 15.4 Å². The van der Waals surface area contributed by atoms with Crippen molar-refractivity contribution in [3.05, 3.63) is 105 Å². The number of hydrogen-bond acceptors (Lipinski definition) is 6. The van der Waals surface area contributed by atoms with Crippen LogP contribution in [0.5, 0.6) is 5.75 Å². The van der Waals surface area contributed by atoms with Gasteiger partial charge >= 0.3 is 0 Å². The molecule has 41 heavy (non-hydrogen) atoms. The van der Waals surface area contributed by atoms with Crippen LogP contribution < -0.4 is 15.4 Å². The largest absolute Gasteiger partial charge is 0.489 e. The molecule has 1 atom stereocenters. The summed E-state index contributed by atoms with van der Waals surface area (Å²) >= 11 is 1.61. The van der Waals surface area contributed by atoms with Gasteiger partial charge in [-0.15, -0.1) is 5.10 Å². The zero-order chi connectivity index (χ0) is 29.1. The predicted octanol–water partition coefficient (Wildman–Crippen LogP) is 7.52. The number of benzene rings is 3. The van der Waals surface area contributed by atoms with Gasteiger partial charge in [0, 0.05) is 17.1 Å². The quantitative estimate of drug-likeness (QED) is 0.204. The van der Waals surface area contributed by atoms with Crippen molar-refractivity contribution < 1.29 is 9.53 Å². The standard InChI is InChI=1S/C33H37N5O2S/c1-7-16-41-33-36-32-34-24(6)29(31(39)35-27-12-8-20(2)9-13-27)30(38(32)37-33)25-10-14-28(15-11-25)40-19-26-18-22(4)21(3)17-23(26)5/h8-15,17-18,30H,7,16,19H2,1-6H3,(H,35,39)(H,34,36,37). The van der Waals surface area contributed by atoms with E-state index < -0.39 is 6.04 Å². The van der Waals surface area contributed by atoms with Crippen LogP contribution in [-0.4, -0.2) is 26.4 Å². The molecule has 0 spiro atoms. The molecule has 1 aromatic heterocycles. The van der Waals surface area contributed by atoms with Crippen LogP contribution >= 0.6 is 11.8 Å². The predicted molar refractivity (Wildman–Crippen MR) is 167 cm³/mol. The van der Waals surface area contributed by atoms with E-state index >= 15 is 0 Å². The molecule has 3 aromatic carbocycles. The highest BCUT2D eigenvalue weighted by atomic mass is 32.2. The van der Waals surface area contributed by atoms with Crippen LogP contribution in [0.25, 0.3) is 0 Å². The molecule has 0 saturated heterocycles. The highest BCUT2D eigenvalue weighted by Gasteiger charge is 2.34. The average molecular weight is 568 g/mol. The third-order valence-electron chi connectivity index (χ3n) is 7.36. The van der Waals surface area contributed by atoms with Crippen molar-refractivity contribution >= 4 is 29.3 Å². The van der Waals surface area contributed by atoms with Crippen molar-refractivity contribution in [2.75, 3.05) is 16.4 Å². The van der Waals surface area contributed by atoms with Gasteiger partial charge in [-0.25, -0.2) is 4.68 Å². The van der Waals surface area contributed by atoms with Crippen LogP contribution in [0, 0.1) is 27.7 Å². The Labute approximate surface area is 246 Å². The third kappa shape index (κ3) is 6.33. The molecule has 5 rings (SSSR count). The second-order valence-corrected chi connectivity index (χ2v) is 11.7. The first-order valence-electron chi connectivity index (χ1n) is 14.0. The molecule has 1 amide bonds. The minimum atomic E-state index is -0.448. The lowest BCUT2D eigenvalue weighted by Gasteiger charge is -2.28. The zero-order valence-corrected chi connectivity index (χ0v) is 25.4. The van der Waals surface area contributed by atoms with Crippen molar-refractivity contribution in [2.45, 2.75) is 65.8 Å². The molecule has 0 radical (unpaired) electrons. The molecule has 0 bridgehead atoms. The molecule has 2 N–H and O–H groups in total. The lowest BCUT2D eigenvalue weighted by molar-refractivity contribution is -0.113. The number of thioether (sulfide) groups is 1. The minimum absolute atomic E-state index is 0.182. The fraction of sp³-hybridized carbons (Fsp3) is 0.303. The van der Waals surface area contributed by atoms with Gasteiger partial charge in [0.25, 0.3) is 5.91 Å². The second-order valence-electron chi connectivity index (χ2n) is 10.6. The lowest BCUT2D eigenvalue weighted by Crippen LogP contribution is -2.31. The number of hydrogen-bond donors (Lipinski definition) is 2. The smallest absolute Gasteiger partial charge is 0.255 e. The molecule has 1 aliphatic heterocycles. The molecule has 4 aromatic rings. The summed E-state index contributed by atoms with van der Waals surface area (Å²) in [4.78, 5) is 18.5. The zero-order valence-electron chi connectivity index (χ0n) is 24.5. The lowest BCUT2D eigenvalue weighted by atomic mass is 9.95. The number of carbonyl (C=O) groups excluding carboxylic acids is 1. The normalized spacial score (nSPS) is 14.4. The minimum Gasteiger partial charge on any atom is -0.489 e. The number of anilines is 2. The number of nitrogens with zero attached hydrogens (tertiary/aromatic N) is 3. The Hall–Kier alpha value is -4.04. The van der Waals surface area contributed by atoms with Crippen molar-refractivity contribution in [2.24, 2.45) is 0 Å². The van der Waals surface area contributed by atoms with Crippen LogP contribution in [0.4, 0.5) is 11.6 Å². The average Bonchev–Trinajstić information content (AvgIpc) is 3.36. The molecule has 0 aliphatic carbocycles. The highest BCUT2D eigenvalue weighted by Crippen LogP contribution is 2.37. The summed E-state index contributed by atoms with van der Waals surface area (Å²) in [5.41, 5.74) is 9.08. The van der Waals surface area contributed by atoms with E-state index in [9.17, 15) is 4.79 Å². The molecule has 2 heterocycles. The number of allylic oxidation sites excluding steroid dienone is 1. The van der Waals surface area contributed by atoms with Gasteiger partial charge in [-0.1, -0.05) is 60.6 Å². The molecule has 1 unspecified atom stereocenters. The summed E-state index contributed by atoms with van der Waals surface area (Å²) in [7, 11) is 0. The maximum Gasteiger partial charge on any atom is 0.255 e. The van der Waals surface area contributed by atoms with Crippen LogP contribution in [0.3, 0.4) is 0 Å². The Morgan fingerprint density at radius 3 is 2.39 bits per heavy atom. The first-order chi connectivity index (χ1) is 19.7. The summed E-state index contributed by atoms with van der Waals surface area (Å²) in [6, 6.07) is 19.7. The van der Waals surface area contributed by atoms with Crippen molar-refractivity contribution in [1.29, 1.82) is 0 Å². The van der Waals surface area contributed by atoms with Gasteiger partial charge in [0.1, 0.15) is 18.4 Å². The van der Waals surface area contributed by atoms with Gasteiger partial charge in [-0.3, -0.25) is 4.79 Å². The Bertz CT molecular complexity index is 1590. The van der Waals surface area contributed by atoms with Gasteiger partial charge in [0.15, 0.2) is 0 Å². The maximum absolute atomic E-state index is 13.7. The van der Waals surface area contributed by atoms with Gasteiger partial charge in [0.2, 0.25) is 11.1 Å². The van der Waals surface area contributed by atoms with Crippen molar-refractivity contribution in [1.82, 2.24) is 14.8 Å². The maximum atomic E-state index is 13.7. The Morgan fingerprint density at radius 2 is 1.68 bits per heavy atom. The number of rotatable bonds is 9. The second kappa shape index (κ2) is 12.2. The molecule has 8 heteroatoms. The number of aromatic nitrogens is 3. The van der Waals surface area contributed by atoms with E-state index in [0.29, 0.717) is 23.3 Å². The number of ether oxygens (including phenoxy) is 1. The molecule has 7 nitrogen and oxygen atoms in total. The Kier molecular flexibility index (Phi) is 8.49. The molecule has 0 saturated carbocycles. The van der Waals surface area contributed by atoms with E-state index in [4.69, 9.17) is 14.8 Å². The van der Waals surface area contributed by atoms with Crippen LogP contribution in [0.15, 0.2) is 77.1 Å². The van der Waals surface area contributed by atoms with E-state index in [1.807, 2.05) is 67.1 Å². The van der Waals surface area contributed by atoms with Crippen molar-refractivity contribution in [3.63, 3.8) is 0 Å². The van der Waals surface area contributed by atoms with Gasteiger partial charge in [-0.2, -0.15) is 4.98 Å². The summed E-state index contributed by atoms with van der Waals surface area (Å²) in [5, 5.41) is 11.9. The third-order valence-corrected chi connectivity index (χ3v) is 8.41. The summed E-state index contributed by atoms with van der Waals surface area (Å²) < 4.78 is 7.99. The van der Waals surface area contributed by atoms with Gasteiger partial charge in [-0.05, 0) is 93.1 Å². The van der Waals surface area contributed by atoms with Crippen molar-refractivity contribution in [3.8, 4) is 5.75 Å². The number of carbonyl (C=O) groups is 1. The van der Waals surface area contributed by atoms with Crippen LogP contribution in [0.1, 0.15) is 59.7 Å². The molecular weight excluding hydrogens is 530 g/mol. The number of fused-ring (bicyclic) bond motifs is 1. The molecule has 1 aliphatic rings. The van der Waals surface area contributed by atoms with Crippen LogP contribution in [-0.2, 0) is 11.4 Å². The van der Waals surface area contributed by atoms with E-state index in [1.54, 1.807) is 11.8 Å². The van der Waals surface area contributed by atoms with Gasteiger partial charge in [0.05, 0.1) is 5.57 Å². The molecular formula is C33H37N5O2S. The Balaban J connectivity index is 1.44. The number of nitrogens with one attached hydrogen (secondary N) is 2. The van der Waals surface area contributed by atoms with E-state index in [-0.39, 0.29) is 5.91 Å². The summed E-state index contributed by atoms with van der Waals surface area (Å²) in [6.45, 7) is 12.9. The number of aryl methyl sites for hydroxylation is 4. The fourth-order valence-corrected chi connectivity index (χ4v) is 5.59. The SMILES string of the molecule is CCCSc1nc2n(n1)C(c1ccc(OCc3cc(C)c(C)cc3C)cc1)C(C(=O)Nc1ccc(C)cc1)=C(C)N2. The highest BCUT2D eigenvalue weighted by molar-refractivity contribution is 7.99. The van der Waals surface area contributed by atoms with E-state index in [0.717, 1.165) is 40.4 Å². The molecule has 212 valence electrons. The topological polar surface area (TPSA) is 81.1 Å². The first-order valence-corrected chi connectivity index (χ1v) is 15.0. The molecule has 0 fully saturated rings. The van der Waals surface area contributed by atoms with E-state index in [1.165, 1.54) is 22.3 Å². The Morgan fingerprint density at radius 1 is 0.976 bits per heavy atom. The van der Waals surface area contributed by atoms with E-state index in [2.05, 4.69) is 50.5 Å². The monoisotopic (exact) mass is 567 g/mol. The summed E-state index contributed by atoms with van der Waals surface area (Å²) in [6.07, 6.45) is 1.02. The fourth-order valence-electron chi connectivity index (χ4n) is 4.91. The first kappa shape index (κ1) is 28.5. The summed E-state index contributed by atoms with van der Waals surface area (Å²) in [5.74, 6) is 2.14.